The summed E-state index contributed by atoms with van der Waals surface area (Å²) in [5, 5.41) is 10.7. The number of aryl methyl sites for hydroxylation is 1. The Kier molecular flexibility index (Phi) is 4.61. The predicted molar refractivity (Wildman–Crippen MR) is 79.2 cm³/mol. The topological polar surface area (TPSA) is 76.3 Å². The van der Waals surface area contributed by atoms with Crippen molar-refractivity contribution in [2.45, 2.75) is 13.3 Å². The first kappa shape index (κ1) is 14.6. The van der Waals surface area contributed by atoms with E-state index in [-0.39, 0.29) is 5.69 Å². The van der Waals surface area contributed by atoms with E-state index in [1.165, 1.54) is 17.0 Å². The highest BCUT2D eigenvalue weighted by Gasteiger charge is 2.13. The third-order valence-electron chi connectivity index (χ3n) is 3.16. The first-order chi connectivity index (χ1) is 10.1. The zero-order valence-electron chi connectivity index (χ0n) is 11.6. The fourth-order valence-electron chi connectivity index (χ4n) is 2.09. The van der Waals surface area contributed by atoms with Crippen LogP contribution >= 0.6 is 0 Å². The van der Waals surface area contributed by atoms with Gasteiger partial charge in [-0.1, -0.05) is 6.07 Å². The van der Waals surface area contributed by atoms with Crippen molar-refractivity contribution >= 4 is 17.8 Å². The molecule has 21 heavy (non-hydrogen) atoms. The molecular weight excluding hydrogens is 270 g/mol. The highest BCUT2D eigenvalue weighted by Crippen LogP contribution is 2.24. The first-order valence-electron chi connectivity index (χ1n) is 6.48. The van der Waals surface area contributed by atoms with Crippen molar-refractivity contribution in [2.24, 2.45) is 0 Å². The second kappa shape index (κ2) is 6.60. The summed E-state index contributed by atoms with van der Waals surface area (Å²) < 4.78 is 0. The van der Waals surface area contributed by atoms with Crippen molar-refractivity contribution in [3.05, 3.63) is 64.0 Å². The van der Waals surface area contributed by atoms with Crippen LogP contribution in [0.25, 0.3) is 0 Å². The molecule has 1 amide bonds. The first-order valence-corrected chi connectivity index (χ1v) is 6.48. The van der Waals surface area contributed by atoms with Gasteiger partial charge in [0.25, 0.3) is 5.69 Å². The number of pyridine rings is 1. The summed E-state index contributed by atoms with van der Waals surface area (Å²) in [4.78, 5) is 27.3. The number of rotatable bonds is 6. The van der Waals surface area contributed by atoms with E-state index < -0.39 is 4.92 Å². The zero-order chi connectivity index (χ0) is 15.2. The predicted octanol–water partition coefficient (Wildman–Crippen LogP) is 2.50. The Labute approximate surface area is 122 Å². The summed E-state index contributed by atoms with van der Waals surface area (Å²) in [6, 6.07) is 10.1. The summed E-state index contributed by atoms with van der Waals surface area (Å²) in [5.74, 6) is 0. The normalized spacial score (nSPS) is 10.1. The number of anilines is 1. The maximum Gasteiger partial charge on any atom is 0.269 e. The van der Waals surface area contributed by atoms with Gasteiger partial charge in [0.05, 0.1) is 4.92 Å². The van der Waals surface area contributed by atoms with Gasteiger partial charge >= 0.3 is 0 Å². The number of aromatic nitrogens is 1. The number of amides is 1. The van der Waals surface area contributed by atoms with Crippen LogP contribution in [0.4, 0.5) is 11.4 Å². The van der Waals surface area contributed by atoms with Crippen LogP contribution in [0.3, 0.4) is 0 Å². The number of hydrogen-bond acceptors (Lipinski definition) is 4. The molecule has 2 rings (SSSR count). The minimum atomic E-state index is -0.448. The van der Waals surface area contributed by atoms with Crippen molar-refractivity contribution in [1.82, 2.24) is 4.98 Å². The molecule has 0 radical (unpaired) electrons. The van der Waals surface area contributed by atoms with Gasteiger partial charge in [-0.2, -0.15) is 0 Å². The Morgan fingerprint density at radius 2 is 2.14 bits per heavy atom. The molecule has 1 aromatic heterocycles. The maximum atomic E-state index is 11.3. The zero-order valence-corrected chi connectivity index (χ0v) is 11.6. The highest BCUT2D eigenvalue weighted by molar-refractivity contribution is 5.77. The Morgan fingerprint density at radius 1 is 1.33 bits per heavy atom. The van der Waals surface area contributed by atoms with Crippen LogP contribution in [-0.2, 0) is 11.2 Å². The van der Waals surface area contributed by atoms with Gasteiger partial charge in [-0.15, -0.1) is 0 Å². The van der Waals surface area contributed by atoms with E-state index in [1.807, 2.05) is 18.2 Å². The molecule has 108 valence electrons. The average Bonchev–Trinajstić information content (AvgIpc) is 2.50. The second-order valence-electron chi connectivity index (χ2n) is 4.60. The molecule has 0 aliphatic carbocycles. The lowest BCUT2D eigenvalue weighted by Crippen LogP contribution is -2.24. The number of benzene rings is 1. The van der Waals surface area contributed by atoms with E-state index in [9.17, 15) is 14.9 Å². The Morgan fingerprint density at radius 3 is 2.71 bits per heavy atom. The average molecular weight is 285 g/mol. The number of nitro benzene ring substituents is 1. The van der Waals surface area contributed by atoms with Crippen LogP contribution in [0.1, 0.15) is 11.3 Å². The molecule has 0 saturated carbocycles. The molecule has 6 heteroatoms. The maximum absolute atomic E-state index is 11.3. The van der Waals surface area contributed by atoms with E-state index in [0.29, 0.717) is 24.2 Å². The van der Waals surface area contributed by atoms with Crippen LogP contribution in [0.5, 0.6) is 0 Å². The molecule has 1 aromatic carbocycles. The van der Waals surface area contributed by atoms with Gasteiger partial charge in [-0.25, -0.2) is 0 Å². The number of carbonyl (C=O) groups is 1. The Hall–Kier alpha value is -2.76. The van der Waals surface area contributed by atoms with Gasteiger partial charge < -0.3 is 4.90 Å². The monoisotopic (exact) mass is 285 g/mol. The van der Waals surface area contributed by atoms with E-state index in [0.717, 1.165) is 12.1 Å². The fourth-order valence-corrected chi connectivity index (χ4v) is 2.09. The van der Waals surface area contributed by atoms with Crippen molar-refractivity contribution in [3.63, 3.8) is 0 Å². The summed E-state index contributed by atoms with van der Waals surface area (Å²) in [6.07, 6.45) is 3.06. The molecule has 0 aliphatic rings. The lowest BCUT2D eigenvalue weighted by atomic mass is 10.1. The van der Waals surface area contributed by atoms with Gasteiger partial charge in [0.15, 0.2) is 0 Å². The lowest BCUT2D eigenvalue weighted by molar-refractivity contribution is -0.384. The van der Waals surface area contributed by atoms with Crippen molar-refractivity contribution in [2.75, 3.05) is 11.4 Å². The molecular formula is C15H15N3O3. The molecule has 0 aliphatic heterocycles. The quantitative estimate of drug-likeness (QED) is 0.464. The third-order valence-corrected chi connectivity index (χ3v) is 3.16. The van der Waals surface area contributed by atoms with E-state index >= 15 is 0 Å². The van der Waals surface area contributed by atoms with Crippen molar-refractivity contribution in [3.8, 4) is 0 Å². The van der Waals surface area contributed by atoms with Gasteiger partial charge in [0, 0.05) is 42.7 Å². The van der Waals surface area contributed by atoms with Gasteiger partial charge in [0.2, 0.25) is 6.41 Å². The number of non-ortho nitro benzene ring substituents is 1. The van der Waals surface area contributed by atoms with Crippen LogP contribution in [0.2, 0.25) is 0 Å². The standard InChI is InChI=1S/C15H15N3O3/c1-12-10-14(18(20)21)5-6-15(12)17(11-19)9-7-13-4-2-3-8-16-13/h2-6,8,10-11H,7,9H2,1H3. The summed E-state index contributed by atoms with van der Waals surface area (Å²) in [5.41, 5.74) is 2.28. The molecule has 6 nitrogen and oxygen atoms in total. The molecule has 1 heterocycles. The Bertz CT molecular complexity index is 644. The van der Waals surface area contributed by atoms with Crippen LogP contribution in [-0.4, -0.2) is 22.9 Å². The van der Waals surface area contributed by atoms with Gasteiger partial charge in [-0.05, 0) is 30.7 Å². The van der Waals surface area contributed by atoms with Crippen LogP contribution in [0.15, 0.2) is 42.6 Å². The summed E-state index contributed by atoms with van der Waals surface area (Å²) >= 11 is 0. The van der Waals surface area contributed by atoms with E-state index in [1.54, 1.807) is 19.2 Å². The minimum absolute atomic E-state index is 0.0202. The summed E-state index contributed by atoms with van der Waals surface area (Å²) in [7, 11) is 0. The minimum Gasteiger partial charge on any atom is -0.314 e. The highest BCUT2D eigenvalue weighted by atomic mass is 16.6. The Balaban J connectivity index is 2.14. The van der Waals surface area contributed by atoms with E-state index in [4.69, 9.17) is 0 Å². The van der Waals surface area contributed by atoms with E-state index in [2.05, 4.69) is 4.98 Å². The number of hydrogen-bond donors (Lipinski definition) is 0. The SMILES string of the molecule is Cc1cc([N+](=O)[O-])ccc1N(C=O)CCc1ccccn1. The van der Waals surface area contributed by atoms with Gasteiger partial charge in [0.1, 0.15) is 0 Å². The molecule has 0 N–H and O–H groups in total. The smallest absolute Gasteiger partial charge is 0.269 e. The third kappa shape index (κ3) is 3.62. The fraction of sp³-hybridized carbons (Fsp3) is 0.200. The number of nitro groups is 1. The largest absolute Gasteiger partial charge is 0.314 e. The molecule has 0 atom stereocenters. The summed E-state index contributed by atoms with van der Waals surface area (Å²) in [6.45, 7) is 2.22. The molecule has 0 spiro atoms. The van der Waals surface area contributed by atoms with Crippen LogP contribution < -0.4 is 4.90 Å². The lowest BCUT2D eigenvalue weighted by Gasteiger charge is -2.19. The molecule has 2 aromatic rings. The van der Waals surface area contributed by atoms with Gasteiger partial charge in [-0.3, -0.25) is 19.9 Å². The van der Waals surface area contributed by atoms with Crippen molar-refractivity contribution in [1.29, 1.82) is 0 Å². The van der Waals surface area contributed by atoms with Crippen LogP contribution in [0, 0.1) is 17.0 Å². The second-order valence-corrected chi connectivity index (χ2v) is 4.60. The molecule has 0 unspecified atom stereocenters. The number of nitrogens with zero attached hydrogens (tertiary/aromatic N) is 3. The number of carbonyl (C=O) groups excluding carboxylic acids is 1. The molecule has 0 saturated heterocycles. The molecule has 0 fully saturated rings. The van der Waals surface area contributed by atoms with Crippen molar-refractivity contribution < 1.29 is 9.72 Å². The molecule has 0 bridgehead atoms.